The Morgan fingerprint density at radius 2 is 1.95 bits per heavy atom. The van der Waals surface area contributed by atoms with Crippen molar-refractivity contribution in [1.82, 2.24) is 4.98 Å². The van der Waals surface area contributed by atoms with E-state index in [1.54, 1.807) is 23.5 Å². The number of thiazole rings is 1. The third-order valence-electron chi connectivity index (χ3n) is 4.25. The van der Waals surface area contributed by atoms with Gasteiger partial charge in [-0.3, -0.25) is 4.79 Å². The number of anilines is 1. The SMILES string of the molecule is O=C(C[C@H]1CC[C@@H](c2nccs2)CC1)Nc1ccc(Cl)cc1. The molecule has 1 aliphatic rings. The second kappa shape index (κ2) is 7.25. The van der Waals surface area contributed by atoms with E-state index in [2.05, 4.69) is 10.3 Å². The van der Waals surface area contributed by atoms with Crippen molar-refractivity contribution in [2.24, 2.45) is 5.92 Å². The smallest absolute Gasteiger partial charge is 0.224 e. The van der Waals surface area contributed by atoms with E-state index in [9.17, 15) is 4.79 Å². The monoisotopic (exact) mass is 334 g/mol. The van der Waals surface area contributed by atoms with E-state index in [0.717, 1.165) is 31.4 Å². The average Bonchev–Trinajstić information content (AvgIpc) is 3.05. The van der Waals surface area contributed by atoms with Crippen molar-refractivity contribution in [1.29, 1.82) is 0 Å². The van der Waals surface area contributed by atoms with Gasteiger partial charge in [-0.25, -0.2) is 4.98 Å². The Labute approximate surface area is 139 Å². The van der Waals surface area contributed by atoms with Crippen LogP contribution in [0.3, 0.4) is 0 Å². The van der Waals surface area contributed by atoms with Crippen LogP contribution in [0.1, 0.15) is 43.0 Å². The topological polar surface area (TPSA) is 42.0 Å². The maximum absolute atomic E-state index is 12.1. The summed E-state index contributed by atoms with van der Waals surface area (Å²) in [5.74, 6) is 1.18. The molecular formula is C17H19ClN2OS. The van der Waals surface area contributed by atoms with Crippen molar-refractivity contribution in [2.75, 3.05) is 5.32 Å². The predicted molar refractivity (Wildman–Crippen MR) is 91.5 cm³/mol. The lowest BCUT2D eigenvalue weighted by atomic mass is 9.80. The molecule has 1 amide bonds. The highest BCUT2D eigenvalue weighted by molar-refractivity contribution is 7.09. The molecule has 116 valence electrons. The number of benzene rings is 1. The average molecular weight is 335 g/mol. The fraction of sp³-hybridized carbons (Fsp3) is 0.412. The van der Waals surface area contributed by atoms with Crippen LogP contribution in [-0.4, -0.2) is 10.9 Å². The number of hydrogen-bond donors (Lipinski definition) is 1. The summed E-state index contributed by atoms with van der Waals surface area (Å²) in [5.41, 5.74) is 0.811. The highest BCUT2D eigenvalue weighted by Gasteiger charge is 2.25. The zero-order valence-electron chi connectivity index (χ0n) is 12.3. The summed E-state index contributed by atoms with van der Waals surface area (Å²) in [6, 6.07) is 7.24. The van der Waals surface area contributed by atoms with E-state index in [0.29, 0.717) is 23.3 Å². The molecule has 2 aromatic rings. The lowest BCUT2D eigenvalue weighted by Gasteiger charge is -2.26. The molecule has 1 N–H and O–H groups in total. The van der Waals surface area contributed by atoms with Crippen molar-refractivity contribution in [3.63, 3.8) is 0 Å². The Morgan fingerprint density at radius 1 is 1.23 bits per heavy atom. The lowest BCUT2D eigenvalue weighted by molar-refractivity contribution is -0.117. The second-order valence-electron chi connectivity index (χ2n) is 5.85. The molecule has 1 saturated carbocycles. The molecule has 1 aliphatic carbocycles. The first-order chi connectivity index (χ1) is 10.7. The molecule has 1 heterocycles. The van der Waals surface area contributed by atoms with E-state index in [1.807, 2.05) is 23.7 Å². The van der Waals surface area contributed by atoms with Gasteiger partial charge in [0.05, 0.1) is 5.01 Å². The summed E-state index contributed by atoms with van der Waals surface area (Å²) in [4.78, 5) is 16.5. The van der Waals surface area contributed by atoms with E-state index < -0.39 is 0 Å². The molecule has 22 heavy (non-hydrogen) atoms. The molecule has 0 atom stereocenters. The van der Waals surface area contributed by atoms with Crippen molar-refractivity contribution >= 4 is 34.5 Å². The molecule has 1 fully saturated rings. The van der Waals surface area contributed by atoms with Gasteiger partial charge in [0.25, 0.3) is 0 Å². The van der Waals surface area contributed by atoms with Crippen LogP contribution >= 0.6 is 22.9 Å². The van der Waals surface area contributed by atoms with Gasteiger partial charge in [0.1, 0.15) is 0 Å². The van der Waals surface area contributed by atoms with Gasteiger partial charge in [-0.2, -0.15) is 0 Å². The molecule has 0 radical (unpaired) electrons. The number of carbonyl (C=O) groups is 1. The lowest BCUT2D eigenvalue weighted by Crippen LogP contribution is -2.20. The summed E-state index contributed by atoms with van der Waals surface area (Å²) in [6.07, 6.45) is 6.99. The maximum atomic E-state index is 12.1. The minimum atomic E-state index is 0.0972. The van der Waals surface area contributed by atoms with Crippen molar-refractivity contribution in [3.05, 3.63) is 45.9 Å². The summed E-state index contributed by atoms with van der Waals surface area (Å²) >= 11 is 7.59. The van der Waals surface area contributed by atoms with E-state index in [4.69, 9.17) is 11.6 Å². The van der Waals surface area contributed by atoms with Crippen LogP contribution in [0.4, 0.5) is 5.69 Å². The Morgan fingerprint density at radius 3 is 2.59 bits per heavy atom. The van der Waals surface area contributed by atoms with Crippen molar-refractivity contribution in [2.45, 2.75) is 38.0 Å². The first-order valence-electron chi connectivity index (χ1n) is 7.65. The predicted octanol–water partition coefficient (Wildman–Crippen LogP) is 5.10. The molecule has 1 aromatic heterocycles. The molecule has 5 heteroatoms. The van der Waals surface area contributed by atoms with Gasteiger partial charge in [-0.1, -0.05) is 11.6 Å². The Bertz CT molecular complexity index is 604. The molecule has 3 rings (SSSR count). The first-order valence-corrected chi connectivity index (χ1v) is 8.91. The third-order valence-corrected chi connectivity index (χ3v) is 5.44. The number of aromatic nitrogens is 1. The molecule has 0 aliphatic heterocycles. The number of halogens is 1. The van der Waals surface area contributed by atoms with E-state index >= 15 is 0 Å². The Kier molecular flexibility index (Phi) is 5.11. The number of amides is 1. The van der Waals surface area contributed by atoms with Gasteiger partial charge in [-0.15, -0.1) is 11.3 Å². The number of rotatable bonds is 4. The van der Waals surface area contributed by atoms with Gasteiger partial charge in [0, 0.05) is 34.6 Å². The van der Waals surface area contributed by atoms with E-state index in [-0.39, 0.29) is 5.91 Å². The summed E-state index contributed by atoms with van der Waals surface area (Å²) in [6.45, 7) is 0. The van der Waals surface area contributed by atoms with Crippen molar-refractivity contribution < 1.29 is 4.79 Å². The van der Waals surface area contributed by atoms with Crippen LogP contribution in [0.2, 0.25) is 5.02 Å². The molecular weight excluding hydrogens is 316 g/mol. The van der Waals surface area contributed by atoms with Gasteiger partial charge >= 0.3 is 0 Å². The number of nitrogens with one attached hydrogen (secondary N) is 1. The van der Waals surface area contributed by atoms with Crippen LogP contribution < -0.4 is 5.32 Å². The zero-order chi connectivity index (χ0) is 15.4. The van der Waals surface area contributed by atoms with Crippen LogP contribution in [0.25, 0.3) is 0 Å². The quantitative estimate of drug-likeness (QED) is 0.845. The van der Waals surface area contributed by atoms with Crippen LogP contribution in [-0.2, 0) is 4.79 Å². The Balaban J connectivity index is 1.46. The number of nitrogens with zero attached hydrogens (tertiary/aromatic N) is 1. The van der Waals surface area contributed by atoms with Crippen molar-refractivity contribution in [3.8, 4) is 0 Å². The zero-order valence-corrected chi connectivity index (χ0v) is 13.9. The molecule has 0 spiro atoms. The molecule has 3 nitrogen and oxygen atoms in total. The van der Waals surface area contributed by atoms with Gasteiger partial charge < -0.3 is 5.32 Å². The molecule has 0 bridgehead atoms. The molecule has 1 aromatic carbocycles. The minimum absolute atomic E-state index is 0.0972. The van der Waals surface area contributed by atoms with Crippen LogP contribution in [0, 0.1) is 5.92 Å². The maximum Gasteiger partial charge on any atom is 0.224 e. The summed E-state index contributed by atoms with van der Waals surface area (Å²) in [7, 11) is 0. The fourth-order valence-electron chi connectivity index (χ4n) is 3.06. The standard InChI is InChI=1S/C17H19ClN2OS/c18-14-5-7-15(8-6-14)20-16(21)11-12-1-3-13(4-2-12)17-19-9-10-22-17/h5-10,12-13H,1-4,11H2,(H,20,21)/t12-,13+. The van der Waals surface area contributed by atoms with Gasteiger partial charge in [0.2, 0.25) is 5.91 Å². The highest BCUT2D eigenvalue weighted by Crippen LogP contribution is 2.37. The molecule has 0 unspecified atom stereocenters. The van der Waals surface area contributed by atoms with Gasteiger partial charge in [-0.05, 0) is 55.9 Å². The van der Waals surface area contributed by atoms with Crippen LogP contribution in [0.5, 0.6) is 0 Å². The summed E-state index contributed by atoms with van der Waals surface area (Å²) in [5, 5.41) is 6.92. The first kappa shape index (κ1) is 15.5. The summed E-state index contributed by atoms with van der Waals surface area (Å²) < 4.78 is 0. The van der Waals surface area contributed by atoms with Gasteiger partial charge in [0.15, 0.2) is 0 Å². The number of carbonyl (C=O) groups excluding carboxylic acids is 1. The largest absolute Gasteiger partial charge is 0.326 e. The third kappa shape index (κ3) is 4.08. The fourth-order valence-corrected chi connectivity index (χ4v) is 3.99. The normalized spacial score (nSPS) is 21.5. The highest BCUT2D eigenvalue weighted by atomic mass is 35.5. The van der Waals surface area contributed by atoms with E-state index in [1.165, 1.54) is 5.01 Å². The Hall–Kier alpha value is -1.39. The number of hydrogen-bond acceptors (Lipinski definition) is 3. The van der Waals surface area contributed by atoms with Crippen LogP contribution in [0.15, 0.2) is 35.8 Å². The minimum Gasteiger partial charge on any atom is -0.326 e. The molecule has 0 saturated heterocycles. The second-order valence-corrected chi connectivity index (χ2v) is 7.21.